The molecule has 1 fully saturated rings. The van der Waals surface area contributed by atoms with E-state index in [4.69, 9.17) is 4.74 Å². The van der Waals surface area contributed by atoms with Gasteiger partial charge in [-0.25, -0.2) is 0 Å². The zero-order valence-corrected chi connectivity index (χ0v) is 11.7. The van der Waals surface area contributed by atoms with Crippen molar-refractivity contribution in [2.45, 2.75) is 53.0 Å². The van der Waals surface area contributed by atoms with Gasteiger partial charge in [0.05, 0.1) is 0 Å². The van der Waals surface area contributed by atoms with Gasteiger partial charge in [0.2, 0.25) is 0 Å². The van der Waals surface area contributed by atoms with Crippen LogP contribution in [0.1, 0.15) is 47.0 Å². The molecular weight excluding hydrogens is 198 g/mol. The molecule has 0 aromatic rings. The van der Waals surface area contributed by atoms with Crippen molar-refractivity contribution in [3.8, 4) is 0 Å². The summed E-state index contributed by atoms with van der Waals surface area (Å²) in [6, 6.07) is 0.665. The summed E-state index contributed by atoms with van der Waals surface area (Å²) in [5.74, 6) is 1.57. The normalized spacial score (nSPS) is 23.1. The molecule has 0 saturated carbocycles. The quantitative estimate of drug-likeness (QED) is 0.797. The fraction of sp³-hybridized carbons (Fsp3) is 1.00. The van der Waals surface area contributed by atoms with Crippen molar-refractivity contribution in [2.75, 3.05) is 20.3 Å². The Kier molecular flexibility index (Phi) is 5.26. The minimum atomic E-state index is 0.417. The molecule has 1 heterocycles. The molecule has 1 N–H and O–H groups in total. The Morgan fingerprint density at radius 1 is 1.25 bits per heavy atom. The minimum absolute atomic E-state index is 0.417. The second-order valence-corrected chi connectivity index (χ2v) is 6.35. The first-order valence-electron chi connectivity index (χ1n) is 6.70. The number of nitrogens with one attached hydrogen (secondary N) is 1. The van der Waals surface area contributed by atoms with Crippen LogP contribution in [0, 0.1) is 17.3 Å². The molecule has 2 atom stereocenters. The molecule has 2 unspecified atom stereocenters. The van der Waals surface area contributed by atoms with E-state index >= 15 is 0 Å². The average molecular weight is 227 g/mol. The number of rotatable bonds is 4. The van der Waals surface area contributed by atoms with Crippen LogP contribution in [0.25, 0.3) is 0 Å². The van der Waals surface area contributed by atoms with Crippen molar-refractivity contribution in [1.82, 2.24) is 5.32 Å². The maximum absolute atomic E-state index is 5.44. The van der Waals surface area contributed by atoms with E-state index in [1.165, 1.54) is 19.3 Å². The molecule has 0 aliphatic carbocycles. The molecule has 1 aliphatic rings. The van der Waals surface area contributed by atoms with Crippen molar-refractivity contribution in [2.24, 2.45) is 17.3 Å². The van der Waals surface area contributed by atoms with E-state index < -0.39 is 0 Å². The summed E-state index contributed by atoms with van der Waals surface area (Å²) in [5.41, 5.74) is 0.417. The van der Waals surface area contributed by atoms with Gasteiger partial charge in [-0.2, -0.15) is 0 Å². The summed E-state index contributed by atoms with van der Waals surface area (Å²) in [5, 5.41) is 3.52. The van der Waals surface area contributed by atoms with Crippen LogP contribution in [0.15, 0.2) is 0 Å². The highest BCUT2D eigenvalue weighted by Crippen LogP contribution is 2.32. The molecule has 0 bridgehead atoms. The highest BCUT2D eigenvalue weighted by molar-refractivity contribution is 4.82. The van der Waals surface area contributed by atoms with E-state index in [1.54, 1.807) is 0 Å². The molecule has 96 valence electrons. The van der Waals surface area contributed by atoms with Crippen molar-refractivity contribution in [1.29, 1.82) is 0 Å². The molecule has 0 aromatic carbocycles. The Bertz CT molecular complexity index is 191. The Labute approximate surface area is 101 Å². The Morgan fingerprint density at radius 3 is 2.25 bits per heavy atom. The molecule has 1 aliphatic heterocycles. The maximum Gasteiger partial charge on any atom is 0.0469 e. The second-order valence-electron chi connectivity index (χ2n) is 6.35. The summed E-state index contributed by atoms with van der Waals surface area (Å²) in [6.07, 6.45) is 3.73. The summed E-state index contributed by atoms with van der Waals surface area (Å²) in [7, 11) is 2.11. The number of hydrogen-bond donors (Lipinski definition) is 1. The van der Waals surface area contributed by atoms with Crippen molar-refractivity contribution < 1.29 is 4.74 Å². The van der Waals surface area contributed by atoms with Gasteiger partial charge in [0.1, 0.15) is 0 Å². The van der Waals surface area contributed by atoms with Crippen LogP contribution in [-0.4, -0.2) is 26.3 Å². The van der Waals surface area contributed by atoms with E-state index in [0.717, 1.165) is 25.0 Å². The van der Waals surface area contributed by atoms with E-state index in [1.807, 2.05) is 0 Å². The minimum Gasteiger partial charge on any atom is -0.381 e. The maximum atomic E-state index is 5.44. The standard InChI is InChI=1S/C14H29NO/c1-11(14(2,3)4)10-13(15-5)12-6-8-16-9-7-12/h11-13,15H,6-10H2,1-5H3. The third-order valence-electron chi connectivity index (χ3n) is 4.29. The van der Waals surface area contributed by atoms with Gasteiger partial charge in [0, 0.05) is 19.3 Å². The molecule has 0 spiro atoms. The molecule has 2 nitrogen and oxygen atoms in total. The van der Waals surface area contributed by atoms with E-state index in [2.05, 4.69) is 40.1 Å². The molecular formula is C14H29NO. The molecule has 1 rings (SSSR count). The Hall–Kier alpha value is -0.0800. The van der Waals surface area contributed by atoms with Crippen LogP contribution in [0.4, 0.5) is 0 Å². The predicted octanol–water partition coefficient (Wildman–Crippen LogP) is 3.07. The fourth-order valence-electron chi connectivity index (χ4n) is 2.40. The van der Waals surface area contributed by atoms with Crippen LogP contribution in [-0.2, 0) is 4.74 Å². The monoisotopic (exact) mass is 227 g/mol. The molecule has 0 amide bonds. The zero-order chi connectivity index (χ0) is 12.2. The van der Waals surface area contributed by atoms with Gasteiger partial charge in [0.15, 0.2) is 0 Å². The van der Waals surface area contributed by atoms with Crippen LogP contribution in [0.3, 0.4) is 0 Å². The fourth-order valence-corrected chi connectivity index (χ4v) is 2.40. The van der Waals surface area contributed by atoms with E-state index in [0.29, 0.717) is 11.5 Å². The van der Waals surface area contributed by atoms with Gasteiger partial charge in [-0.15, -0.1) is 0 Å². The lowest BCUT2D eigenvalue weighted by Gasteiger charge is -2.35. The van der Waals surface area contributed by atoms with Gasteiger partial charge < -0.3 is 10.1 Å². The number of hydrogen-bond acceptors (Lipinski definition) is 2. The van der Waals surface area contributed by atoms with Crippen LogP contribution < -0.4 is 5.32 Å². The van der Waals surface area contributed by atoms with Crippen LogP contribution in [0.2, 0.25) is 0 Å². The largest absolute Gasteiger partial charge is 0.381 e. The molecule has 0 radical (unpaired) electrons. The van der Waals surface area contributed by atoms with Gasteiger partial charge in [0.25, 0.3) is 0 Å². The van der Waals surface area contributed by atoms with Gasteiger partial charge in [-0.1, -0.05) is 27.7 Å². The third-order valence-corrected chi connectivity index (χ3v) is 4.29. The first kappa shape index (κ1) is 14.0. The average Bonchev–Trinajstić information content (AvgIpc) is 2.25. The van der Waals surface area contributed by atoms with Gasteiger partial charge in [-0.05, 0) is 43.6 Å². The summed E-state index contributed by atoms with van der Waals surface area (Å²) in [4.78, 5) is 0. The first-order valence-corrected chi connectivity index (χ1v) is 6.70. The Morgan fingerprint density at radius 2 is 1.81 bits per heavy atom. The van der Waals surface area contributed by atoms with Crippen molar-refractivity contribution in [3.05, 3.63) is 0 Å². The molecule has 16 heavy (non-hydrogen) atoms. The first-order chi connectivity index (χ1) is 7.45. The van der Waals surface area contributed by atoms with E-state index in [9.17, 15) is 0 Å². The van der Waals surface area contributed by atoms with Crippen molar-refractivity contribution in [3.63, 3.8) is 0 Å². The summed E-state index contributed by atoms with van der Waals surface area (Å²) < 4.78 is 5.44. The lowest BCUT2D eigenvalue weighted by Crippen LogP contribution is -2.39. The second kappa shape index (κ2) is 6.02. The lowest BCUT2D eigenvalue weighted by atomic mass is 9.75. The zero-order valence-electron chi connectivity index (χ0n) is 11.7. The summed E-state index contributed by atoms with van der Waals surface area (Å²) >= 11 is 0. The van der Waals surface area contributed by atoms with Crippen LogP contribution in [0.5, 0.6) is 0 Å². The smallest absolute Gasteiger partial charge is 0.0469 e. The highest BCUT2D eigenvalue weighted by Gasteiger charge is 2.28. The van der Waals surface area contributed by atoms with Gasteiger partial charge in [-0.3, -0.25) is 0 Å². The highest BCUT2D eigenvalue weighted by atomic mass is 16.5. The third kappa shape index (κ3) is 4.06. The summed E-state index contributed by atoms with van der Waals surface area (Å²) in [6.45, 7) is 11.3. The number of ether oxygens (including phenoxy) is 1. The van der Waals surface area contributed by atoms with Crippen molar-refractivity contribution >= 4 is 0 Å². The lowest BCUT2D eigenvalue weighted by molar-refractivity contribution is 0.0482. The Balaban J connectivity index is 2.47. The topological polar surface area (TPSA) is 21.3 Å². The molecule has 2 heteroatoms. The van der Waals surface area contributed by atoms with Crippen LogP contribution >= 0.6 is 0 Å². The predicted molar refractivity (Wildman–Crippen MR) is 69.6 cm³/mol. The SMILES string of the molecule is CNC(CC(C)C(C)(C)C)C1CCOCC1. The van der Waals surface area contributed by atoms with Gasteiger partial charge >= 0.3 is 0 Å². The molecule has 0 aromatic heterocycles. The van der Waals surface area contributed by atoms with E-state index in [-0.39, 0.29) is 0 Å². The molecule has 1 saturated heterocycles.